The van der Waals surface area contributed by atoms with E-state index in [1.165, 1.54) is 6.33 Å². The second kappa shape index (κ2) is 3.45. The molecule has 1 fully saturated rings. The van der Waals surface area contributed by atoms with Crippen LogP contribution in [-0.4, -0.2) is 25.7 Å². The molecule has 1 aliphatic rings. The van der Waals surface area contributed by atoms with Crippen LogP contribution in [0.25, 0.3) is 11.0 Å². The molecule has 0 saturated heterocycles. The second-order valence-corrected chi connectivity index (χ2v) is 4.34. The van der Waals surface area contributed by atoms with E-state index in [-0.39, 0.29) is 6.10 Å². The molecule has 1 aliphatic carbocycles. The van der Waals surface area contributed by atoms with Gasteiger partial charge < -0.3 is 15.4 Å². The van der Waals surface area contributed by atoms with Crippen molar-refractivity contribution < 1.29 is 5.11 Å². The van der Waals surface area contributed by atoms with Crippen molar-refractivity contribution in [2.75, 3.05) is 5.73 Å². The fourth-order valence-electron chi connectivity index (χ4n) is 2.47. The average Bonchev–Trinajstić information content (AvgIpc) is 2.84. The molecular formula is C11H14N4O. The quantitative estimate of drug-likeness (QED) is 0.751. The minimum Gasteiger partial charge on any atom is -0.393 e. The zero-order valence-corrected chi connectivity index (χ0v) is 8.87. The van der Waals surface area contributed by atoms with Crippen LogP contribution < -0.4 is 5.73 Å². The summed E-state index contributed by atoms with van der Waals surface area (Å²) in [6, 6.07) is 2.27. The standard InChI is InChI=1S/C11H14N4O/c12-10-9-3-4-15(11(9)14-6-13-10)7-1-2-8(16)5-7/h3-4,6-8,16H,1-2,5H2,(H2,12,13,14)/t7-,8+/m1/s1. The molecule has 0 spiro atoms. The van der Waals surface area contributed by atoms with Gasteiger partial charge in [0, 0.05) is 12.2 Å². The van der Waals surface area contributed by atoms with Gasteiger partial charge in [0.25, 0.3) is 0 Å². The number of nitrogens with two attached hydrogens (primary N) is 1. The Hall–Kier alpha value is -1.62. The number of hydrogen-bond acceptors (Lipinski definition) is 4. The van der Waals surface area contributed by atoms with Gasteiger partial charge in [-0.1, -0.05) is 0 Å². The van der Waals surface area contributed by atoms with Gasteiger partial charge in [0.2, 0.25) is 0 Å². The number of aliphatic hydroxyl groups excluding tert-OH is 1. The Kier molecular flexibility index (Phi) is 2.07. The van der Waals surface area contributed by atoms with Crippen molar-refractivity contribution in [1.29, 1.82) is 0 Å². The van der Waals surface area contributed by atoms with Crippen LogP contribution in [0.15, 0.2) is 18.6 Å². The summed E-state index contributed by atoms with van der Waals surface area (Å²) in [5.41, 5.74) is 6.65. The Morgan fingerprint density at radius 2 is 2.25 bits per heavy atom. The number of aromatic nitrogens is 3. The molecular weight excluding hydrogens is 204 g/mol. The fraction of sp³-hybridized carbons (Fsp3) is 0.455. The van der Waals surface area contributed by atoms with Crippen LogP contribution in [0.4, 0.5) is 5.82 Å². The van der Waals surface area contributed by atoms with Gasteiger partial charge in [-0.2, -0.15) is 0 Å². The Morgan fingerprint density at radius 1 is 1.38 bits per heavy atom. The predicted molar refractivity (Wildman–Crippen MR) is 60.8 cm³/mol. The van der Waals surface area contributed by atoms with Crippen LogP contribution in [0, 0.1) is 0 Å². The summed E-state index contributed by atoms with van der Waals surface area (Å²) < 4.78 is 2.10. The molecule has 2 aromatic heterocycles. The van der Waals surface area contributed by atoms with Gasteiger partial charge in [-0.25, -0.2) is 9.97 Å². The Balaban J connectivity index is 2.08. The van der Waals surface area contributed by atoms with Gasteiger partial charge in [0.15, 0.2) is 0 Å². The van der Waals surface area contributed by atoms with Crippen LogP contribution in [0.5, 0.6) is 0 Å². The third-order valence-corrected chi connectivity index (χ3v) is 3.31. The molecule has 3 N–H and O–H groups in total. The van der Waals surface area contributed by atoms with E-state index in [0.717, 1.165) is 30.3 Å². The predicted octanol–water partition coefficient (Wildman–Crippen LogP) is 1.10. The van der Waals surface area contributed by atoms with E-state index in [0.29, 0.717) is 11.9 Å². The van der Waals surface area contributed by atoms with E-state index >= 15 is 0 Å². The van der Waals surface area contributed by atoms with E-state index in [1.54, 1.807) is 0 Å². The van der Waals surface area contributed by atoms with Crippen molar-refractivity contribution in [2.45, 2.75) is 31.4 Å². The number of fused-ring (bicyclic) bond motifs is 1. The number of anilines is 1. The number of nitrogen functional groups attached to an aromatic ring is 1. The van der Waals surface area contributed by atoms with Crippen LogP contribution in [0.1, 0.15) is 25.3 Å². The molecule has 0 bridgehead atoms. The molecule has 1 saturated carbocycles. The molecule has 0 radical (unpaired) electrons. The monoisotopic (exact) mass is 218 g/mol. The van der Waals surface area contributed by atoms with Crippen LogP contribution in [-0.2, 0) is 0 Å². The largest absolute Gasteiger partial charge is 0.393 e. The molecule has 16 heavy (non-hydrogen) atoms. The molecule has 0 unspecified atom stereocenters. The van der Waals surface area contributed by atoms with Crippen molar-refractivity contribution in [1.82, 2.24) is 14.5 Å². The lowest BCUT2D eigenvalue weighted by Crippen LogP contribution is -2.07. The molecule has 2 aromatic rings. The van der Waals surface area contributed by atoms with E-state index < -0.39 is 0 Å². The third kappa shape index (κ3) is 1.36. The first-order valence-electron chi connectivity index (χ1n) is 5.51. The lowest BCUT2D eigenvalue weighted by molar-refractivity contribution is 0.178. The zero-order valence-electron chi connectivity index (χ0n) is 8.87. The van der Waals surface area contributed by atoms with Gasteiger partial charge in [0.1, 0.15) is 17.8 Å². The summed E-state index contributed by atoms with van der Waals surface area (Å²) in [5.74, 6) is 0.516. The first-order chi connectivity index (χ1) is 7.75. The Morgan fingerprint density at radius 3 is 3.00 bits per heavy atom. The first kappa shape index (κ1) is 9.59. The molecule has 2 heterocycles. The minimum atomic E-state index is -0.179. The molecule has 3 rings (SSSR count). The van der Waals surface area contributed by atoms with Crippen molar-refractivity contribution >= 4 is 16.9 Å². The zero-order chi connectivity index (χ0) is 11.1. The Labute approximate surface area is 92.9 Å². The van der Waals surface area contributed by atoms with Crippen LogP contribution in [0.3, 0.4) is 0 Å². The normalized spacial score (nSPS) is 25.3. The molecule has 5 nitrogen and oxygen atoms in total. The third-order valence-electron chi connectivity index (χ3n) is 3.31. The van der Waals surface area contributed by atoms with E-state index in [4.69, 9.17) is 5.73 Å². The number of aliphatic hydroxyl groups is 1. The van der Waals surface area contributed by atoms with Crippen LogP contribution in [0.2, 0.25) is 0 Å². The summed E-state index contributed by atoms with van der Waals surface area (Å²) in [6.45, 7) is 0. The van der Waals surface area contributed by atoms with Crippen LogP contribution >= 0.6 is 0 Å². The maximum Gasteiger partial charge on any atom is 0.145 e. The molecule has 2 atom stereocenters. The molecule has 84 valence electrons. The molecule has 0 aromatic carbocycles. The van der Waals surface area contributed by atoms with E-state index in [1.807, 2.05) is 12.3 Å². The van der Waals surface area contributed by atoms with E-state index in [9.17, 15) is 5.11 Å². The summed E-state index contributed by atoms with van der Waals surface area (Å²) >= 11 is 0. The highest BCUT2D eigenvalue weighted by molar-refractivity contribution is 5.86. The summed E-state index contributed by atoms with van der Waals surface area (Å²) in [4.78, 5) is 8.23. The van der Waals surface area contributed by atoms with Gasteiger partial charge in [-0.05, 0) is 25.3 Å². The summed E-state index contributed by atoms with van der Waals surface area (Å²) in [5, 5.41) is 10.4. The smallest absolute Gasteiger partial charge is 0.145 e. The molecule has 0 aliphatic heterocycles. The highest BCUT2D eigenvalue weighted by Crippen LogP contribution is 2.33. The van der Waals surface area contributed by atoms with Gasteiger partial charge >= 0.3 is 0 Å². The molecule has 0 amide bonds. The summed E-state index contributed by atoms with van der Waals surface area (Å²) in [7, 11) is 0. The maximum atomic E-state index is 9.55. The first-order valence-corrected chi connectivity index (χ1v) is 5.51. The number of nitrogens with zero attached hydrogens (tertiary/aromatic N) is 3. The number of rotatable bonds is 1. The van der Waals surface area contributed by atoms with Crippen molar-refractivity contribution in [2.24, 2.45) is 0 Å². The van der Waals surface area contributed by atoms with Crippen molar-refractivity contribution in [3.63, 3.8) is 0 Å². The van der Waals surface area contributed by atoms with Crippen molar-refractivity contribution in [3.05, 3.63) is 18.6 Å². The fourth-order valence-corrected chi connectivity index (χ4v) is 2.47. The van der Waals surface area contributed by atoms with Crippen molar-refractivity contribution in [3.8, 4) is 0 Å². The Bertz CT molecular complexity index is 522. The van der Waals surface area contributed by atoms with E-state index in [2.05, 4.69) is 14.5 Å². The average molecular weight is 218 g/mol. The summed E-state index contributed by atoms with van der Waals surface area (Å²) in [6.07, 6.45) is 5.95. The maximum absolute atomic E-state index is 9.55. The lowest BCUT2D eigenvalue weighted by Gasteiger charge is -2.12. The van der Waals surface area contributed by atoms with Gasteiger partial charge in [-0.15, -0.1) is 0 Å². The van der Waals surface area contributed by atoms with Gasteiger partial charge in [0.05, 0.1) is 11.5 Å². The highest BCUT2D eigenvalue weighted by atomic mass is 16.3. The van der Waals surface area contributed by atoms with Gasteiger partial charge in [-0.3, -0.25) is 0 Å². The second-order valence-electron chi connectivity index (χ2n) is 4.34. The lowest BCUT2D eigenvalue weighted by atomic mass is 10.2. The topological polar surface area (TPSA) is 77.0 Å². The molecule has 5 heteroatoms. The SMILES string of the molecule is Nc1ncnc2c1ccn2[C@@H]1CC[C@H](O)C1. The number of hydrogen-bond donors (Lipinski definition) is 2. The highest BCUT2D eigenvalue weighted by Gasteiger charge is 2.25. The minimum absolute atomic E-state index is 0.179.